The van der Waals surface area contributed by atoms with Crippen LogP contribution in [0.2, 0.25) is 0 Å². The molecule has 0 spiro atoms. The van der Waals surface area contributed by atoms with E-state index in [0.29, 0.717) is 0 Å². The van der Waals surface area contributed by atoms with Crippen LogP contribution >= 0.6 is 0 Å². The molecule has 0 aliphatic heterocycles. The zero-order valence-corrected chi connectivity index (χ0v) is 9.59. The molecule has 2 N–H and O–H groups in total. The molecule has 0 aromatic carbocycles. The summed E-state index contributed by atoms with van der Waals surface area (Å²) < 4.78 is 5.33. The second kappa shape index (κ2) is 3.54. The van der Waals surface area contributed by atoms with E-state index >= 15 is 0 Å². The Morgan fingerprint density at radius 2 is 2.07 bits per heavy atom. The summed E-state index contributed by atoms with van der Waals surface area (Å²) in [5.74, 6) is -0.00708. The molecule has 3 heteroatoms. The molecule has 0 heterocycles. The van der Waals surface area contributed by atoms with E-state index in [9.17, 15) is 4.79 Å². The minimum atomic E-state index is -0.743. The SMILES string of the molecule is CC1CCCC1(N)C(=O)OC(C)(C)C. The summed E-state index contributed by atoms with van der Waals surface area (Å²) in [7, 11) is 0. The highest BCUT2D eigenvalue weighted by atomic mass is 16.6. The summed E-state index contributed by atoms with van der Waals surface area (Å²) >= 11 is 0. The van der Waals surface area contributed by atoms with Crippen LogP contribution in [0.4, 0.5) is 0 Å². The molecule has 1 aliphatic rings. The fourth-order valence-corrected chi connectivity index (χ4v) is 1.88. The van der Waals surface area contributed by atoms with Crippen LogP contribution in [0.25, 0.3) is 0 Å². The van der Waals surface area contributed by atoms with Crippen molar-refractivity contribution in [3.05, 3.63) is 0 Å². The Bertz CT molecular complexity index is 232. The van der Waals surface area contributed by atoms with E-state index in [-0.39, 0.29) is 11.9 Å². The predicted molar refractivity (Wildman–Crippen MR) is 55.8 cm³/mol. The molecular weight excluding hydrogens is 178 g/mol. The van der Waals surface area contributed by atoms with Gasteiger partial charge in [-0.1, -0.05) is 13.3 Å². The second-order valence-corrected chi connectivity index (χ2v) is 5.34. The monoisotopic (exact) mass is 199 g/mol. The van der Waals surface area contributed by atoms with Crippen molar-refractivity contribution in [2.75, 3.05) is 0 Å². The molecule has 1 fully saturated rings. The smallest absolute Gasteiger partial charge is 0.326 e. The molecule has 3 nitrogen and oxygen atoms in total. The normalized spacial score (nSPS) is 33.1. The standard InChI is InChI=1S/C11H21NO2/c1-8-6-5-7-11(8,12)9(13)14-10(2,3)4/h8H,5-7,12H2,1-4H3. The summed E-state index contributed by atoms with van der Waals surface area (Å²) in [6.45, 7) is 7.63. The van der Waals surface area contributed by atoms with Gasteiger partial charge in [-0.05, 0) is 39.5 Å². The summed E-state index contributed by atoms with van der Waals surface area (Å²) in [4.78, 5) is 11.8. The van der Waals surface area contributed by atoms with Gasteiger partial charge in [0.1, 0.15) is 11.1 Å². The molecule has 0 aromatic rings. The van der Waals surface area contributed by atoms with Crippen LogP contribution < -0.4 is 5.73 Å². The Hall–Kier alpha value is -0.570. The van der Waals surface area contributed by atoms with Gasteiger partial charge in [0.05, 0.1) is 0 Å². The lowest BCUT2D eigenvalue weighted by Gasteiger charge is -2.30. The van der Waals surface area contributed by atoms with E-state index in [1.165, 1.54) is 0 Å². The third-order valence-electron chi connectivity index (χ3n) is 2.89. The lowest BCUT2D eigenvalue weighted by Crippen LogP contribution is -2.52. The molecule has 1 aliphatic carbocycles. The zero-order valence-electron chi connectivity index (χ0n) is 9.59. The van der Waals surface area contributed by atoms with Gasteiger partial charge in [-0.25, -0.2) is 0 Å². The van der Waals surface area contributed by atoms with E-state index in [4.69, 9.17) is 10.5 Å². The van der Waals surface area contributed by atoms with Crippen LogP contribution in [0.5, 0.6) is 0 Å². The number of ether oxygens (including phenoxy) is 1. The Kier molecular flexibility index (Phi) is 2.91. The summed E-state index contributed by atoms with van der Waals surface area (Å²) in [5.41, 5.74) is 4.90. The molecule has 1 rings (SSSR count). The third kappa shape index (κ3) is 2.27. The highest BCUT2D eigenvalue weighted by Gasteiger charge is 2.45. The maximum Gasteiger partial charge on any atom is 0.326 e. The van der Waals surface area contributed by atoms with Crippen molar-refractivity contribution >= 4 is 5.97 Å². The van der Waals surface area contributed by atoms with Gasteiger partial charge in [0, 0.05) is 0 Å². The van der Waals surface area contributed by atoms with Crippen molar-refractivity contribution < 1.29 is 9.53 Å². The molecule has 1 saturated carbocycles. The predicted octanol–water partition coefficient (Wildman–Crippen LogP) is 1.85. The van der Waals surface area contributed by atoms with Crippen molar-refractivity contribution in [2.24, 2.45) is 11.7 Å². The van der Waals surface area contributed by atoms with Gasteiger partial charge >= 0.3 is 5.97 Å². The fraction of sp³-hybridized carbons (Fsp3) is 0.909. The van der Waals surface area contributed by atoms with Gasteiger partial charge in [0.25, 0.3) is 0 Å². The molecule has 2 atom stereocenters. The van der Waals surface area contributed by atoms with E-state index in [1.807, 2.05) is 27.7 Å². The average Bonchev–Trinajstić information content (AvgIpc) is 2.30. The minimum Gasteiger partial charge on any atom is -0.459 e. The number of carbonyl (C=O) groups is 1. The van der Waals surface area contributed by atoms with E-state index in [2.05, 4.69) is 0 Å². The zero-order chi connectivity index (χ0) is 11.0. The summed E-state index contributed by atoms with van der Waals surface area (Å²) in [6.07, 6.45) is 2.80. The molecule has 0 saturated heterocycles. The van der Waals surface area contributed by atoms with Crippen LogP contribution in [-0.2, 0) is 9.53 Å². The van der Waals surface area contributed by atoms with Gasteiger partial charge < -0.3 is 10.5 Å². The van der Waals surface area contributed by atoms with Crippen molar-refractivity contribution in [1.82, 2.24) is 0 Å². The second-order valence-electron chi connectivity index (χ2n) is 5.34. The fourth-order valence-electron chi connectivity index (χ4n) is 1.88. The number of carbonyl (C=O) groups excluding carboxylic acids is 1. The third-order valence-corrected chi connectivity index (χ3v) is 2.89. The largest absolute Gasteiger partial charge is 0.459 e. The molecule has 0 bridgehead atoms. The highest BCUT2D eigenvalue weighted by molar-refractivity contribution is 5.81. The quantitative estimate of drug-likeness (QED) is 0.656. The van der Waals surface area contributed by atoms with E-state index in [1.54, 1.807) is 0 Å². The maximum atomic E-state index is 11.8. The van der Waals surface area contributed by atoms with Crippen LogP contribution in [0, 0.1) is 5.92 Å². The molecule has 0 radical (unpaired) electrons. The Morgan fingerprint density at radius 1 is 1.50 bits per heavy atom. The average molecular weight is 199 g/mol. The molecule has 82 valence electrons. The first-order valence-electron chi connectivity index (χ1n) is 5.28. The molecular formula is C11H21NO2. The van der Waals surface area contributed by atoms with Gasteiger partial charge in [-0.2, -0.15) is 0 Å². The number of nitrogens with two attached hydrogens (primary N) is 1. The summed E-state index contributed by atoms with van der Waals surface area (Å²) in [6, 6.07) is 0. The van der Waals surface area contributed by atoms with Crippen molar-refractivity contribution in [3.63, 3.8) is 0 Å². The lowest BCUT2D eigenvalue weighted by atomic mass is 9.89. The molecule has 2 unspecified atom stereocenters. The van der Waals surface area contributed by atoms with Crippen molar-refractivity contribution in [3.8, 4) is 0 Å². The van der Waals surface area contributed by atoms with Gasteiger partial charge in [-0.15, -0.1) is 0 Å². The van der Waals surface area contributed by atoms with Crippen LogP contribution in [-0.4, -0.2) is 17.1 Å². The van der Waals surface area contributed by atoms with Crippen LogP contribution in [0.15, 0.2) is 0 Å². The first-order chi connectivity index (χ1) is 6.26. The number of esters is 1. The Balaban J connectivity index is 2.68. The molecule has 14 heavy (non-hydrogen) atoms. The minimum absolute atomic E-state index is 0.234. The van der Waals surface area contributed by atoms with Crippen molar-refractivity contribution in [2.45, 2.75) is 58.1 Å². The van der Waals surface area contributed by atoms with Gasteiger partial charge in [0.15, 0.2) is 0 Å². The van der Waals surface area contributed by atoms with E-state index < -0.39 is 11.1 Å². The molecule has 0 amide bonds. The van der Waals surface area contributed by atoms with Gasteiger partial charge in [-0.3, -0.25) is 4.79 Å². The lowest BCUT2D eigenvalue weighted by molar-refractivity contribution is -0.163. The first kappa shape index (κ1) is 11.5. The van der Waals surface area contributed by atoms with E-state index in [0.717, 1.165) is 19.3 Å². The number of hydrogen-bond acceptors (Lipinski definition) is 3. The van der Waals surface area contributed by atoms with Crippen LogP contribution in [0.3, 0.4) is 0 Å². The Labute approximate surface area is 86.0 Å². The first-order valence-corrected chi connectivity index (χ1v) is 5.28. The van der Waals surface area contributed by atoms with Crippen molar-refractivity contribution in [1.29, 1.82) is 0 Å². The maximum absolute atomic E-state index is 11.8. The highest BCUT2D eigenvalue weighted by Crippen LogP contribution is 2.35. The molecule has 0 aromatic heterocycles. The summed E-state index contributed by atoms with van der Waals surface area (Å²) in [5, 5.41) is 0. The topological polar surface area (TPSA) is 52.3 Å². The van der Waals surface area contributed by atoms with Crippen LogP contribution in [0.1, 0.15) is 47.0 Å². The number of hydrogen-bond donors (Lipinski definition) is 1. The number of rotatable bonds is 1. The van der Waals surface area contributed by atoms with Gasteiger partial charge in [0.2, 0.25) is 0 Å². The Morgan fingerprint density at radius 3 is 2.43 bits per heavy atom.